The van der Waals surface area contributed by atoms with Crippen LogP contribution in [0.5, 0.6) is 0 Å². The Kier molecular flexibility index (Phi) is 4.64. The van der Waals surface area contributed by atoms with Crippen molar-refractivity contribution in [3.05, 3.63) is 16.4 Å². The van der Waals surface area contributed by atoms with Crippen LogP contribution in [0.3, 0.4) is 0 Å². The second-order valence-electron chi connectivity index (χ2n) is 4.84. The maximum atomic E-state index is 11.4. The summed E-state index contributed by atoms with van der Waals surface area (Å²) in [5, 5.41) is 15.2. The molecule has 20 heavy (non-hydrogen) atoms. The molecule has 0 aromatic carbocycles. The largest absolute Gasteiger partial charge is 0.364 e. The van der Waals surface area contributed by atoms with Gasteiger partial charge in [-0.1, -0.05) is 13.8 Å². The van der Waals surface area contributed by atoms with Gasteiger partial charge in [0.2, 0.25) is 11.6 Å². The van der Waals surface area contributed by atoms with Crippen LogP contribution in [-0.4, -0.2) is 45.0 Å². The number of hydrogen-bond acceptors (Lipinski definition) is 7. The number of anilines is 2. The second kappa shape index (κ2) is 6.25. The Morgan fingerprint density at radius 1 is 1.45 bits per heavy atom. The van der Waals surface area contributed by atoms with E-state index in [2.05, 4.69) is 29.1 Å². The molecule has 1 fully saturated rings. The molecule has 7 nitrogen and oxygen atoms in total. The molecule has 1 aliphatic rings. The Balaban J connectivity index is 2.39. The molecule has 110 valence electrons. The third-order valence-corrected chi connectivity index (χ3v) is 4.28. The van der Waals surface area contributed by atoms with Crippen molar-refractivity contribution in [2.24, 2.45) is 0 Å². The summed E-state index contributed by atoms with van der Waals surface area (Å²) in [6.07, 6.45) is 1.39. The first-order chi connectivity index (χ1) is 9.52. The fraction of sp³-hybridized carbons (Fsp3) is 0.667. The number of nitrogens with zero attached hydrogens (tertiary/aromatic N) is 4. The van der Waals surface area contributed by atoms with Gasteiger partial charge in [-0.15, -0.1) is 0 Å². The third kappa shape index (κ3) is 3.12. The molecule has 2 unspecified atom stereocenters. The highest BCUT2D eigenvalue weighted by molar-refractivity contribution is 8.00. The molecule has 0 bridgehead atoms. The molecule has 0 spiro atoms. The van der Waals surface area contributed by atoms with Gasteiger partial charge in [0.15, 0.2) is 0 Å². The van der Waals surface area contributed by atoms with Crippen LogP contribution in [0.15, 0.2) is 6.33 Å². The van der Waals surface area contributed by atoms with Crippen molar-refractivity contribution >= 4 is 29.1 Å². The number of aromatic nitrogens is 2. The van der Waals surface area contributed by atoms with Crippen LogP contribution in [0, 0.1) is 10.1 Å². The van der Waals surface area contributed by atoms with E-state index < -0.39 is 4.92 Å². The highest BCUT2D eigenvalue weighted by Gasteiger charge is 2.31. The first kappa shape index (κ1) is 14.8. The molecule has 0 radical (unpaired) electrons. The van der Waals surface area contributed by atoms with Crippen LogP contribution in [0.2, 0.25) is 0 Å². The lowest BCUT2D eigenvalue weighted by Crippen LogP contribution is -2.41. The van der Waals surface area contributed by atoms with E-state index >= 15 is 0 Å². The molecule has 1 aromatic heterocycles. The van der Waals surface area contributed by atoms with Crippen LogP contribution in [0.1, 0.15) is 20.8 Å². The molecule has 0 saturated carbocycles. The average Bonchev–Trinajstić information content (AvgIpc) is 2.37. The fourth-order valence-corrected chi connectivity index (χ4v) is 3.74. The third-order valence-electron chi connectivity index (χ3n) is 3.05. The molecule has 2 rings (SSSR count). The molecule has 1 N–H and O–H groups in total. The maximum absolute atomic E-state index is 11.4. The molecule has 1 aliphatic heterocycles. The molecule has 2 heterocycles. The predicted molar refractivity (Wildman–Crippen MR) is 81.6 cm³/mol. The quantitative estimate of drug-likeness (QED) is 0.673. The molecular weight excluding hydrogens is 278 g/mol. The van der Waals surface area contributed by atoms with Crippen molar-refractivity contribution in [2.75, 3.05) is 29.9 Å². The summed E-state index contributed by atoms with van der Waals surface area (Å²) in [4.78, 5) is 21.1. The summed E-state index contributed by atoms with van der Waals surface area (Å²) >= 11 is 1.90. The lowest BCUT2D eigenvalue weighted by atomic mass is 10.3. The van der Waals surface area contributed by atoms with Gasteiger partial charge in [0.1, 0.15) is 6.33 Å². The van der Waals surface area contributed by atoms with Gasteiger partial charge in [-0.3, -0.25) is 10.1 Å². The molecule has 1 aromatic rings. The van der Waals surface area contributed by atoms with Crippen molar-refractivity contribution in [3.63, 3.8) is 0 Å². The Hall–Kier alpha value is -1.57. The predicted octanol–water partition coefficient (Wildman–Crippen LogP) is 2.15. The number of thioether (sulfide) groups is 1. The zero-order valence-corrected chi connectivity index (χ0v) is 12.7. The van der Waals surface area contributed by atoms with E-state index in [1.807, 2.05) is 23.6 Å². The lowest BCUT2D eigenvalue weighted by Gasteiger charge is -2.35. The number of nitrogens with one attached hydrogen (secondary N) is 1. The SMILES string of the molecule is CCNc1ncnc(N2CC(C)SC(C)C2)c1[N+](=O)[O-]. The minimum Gasteiger partial charge on any atom is -0.364 e. The Bertz CT molecular complexity index is 489. The number of rotatable bonds is 4. The zero-order valence-electron chi connectivity index (χ0n) is 11.9. The van der Waals surface area contributed by atoms with Crippen molar-refractivity contribution < 1.29 is 4.92 Å². The summed E-state index contributed by atoms with van der Waals surface area (Å²) in [5.41, 5.74) is -0.0272. The van der Waals surface area contributed by atoms with Crippen LogP contribution in [-0.2, 0) is 0 Å². The van der Waals surface area contributed by atoms with Crippen LogP contribution in [0.4, 0.5) is 17.3 Å². The summed E-state index contributed by atoms with van der Waals surface area (Å²) in [6, 6.07) is 0. The van der Waals surface area contributed by atoms with E-state index in [0.29, 0.717) is 28.7 Å². The summed E-state index contributed by atoms with van der Waals surface area (Å²) in [7, 11) is 0. The van der Waals surface area contributed by atoms with Crippen molar-refractivity contribution in [2.45, 2.75) is 31.3 Å². The normalized spacial score (nSPS) is 22.6. The van der Waals surface area contributed by atoms with E-state index in [9.17, 15) is 10.1 Å². The van der Waals surface area contributed by atoms with E-state index in [4.69, 9.17) is 0 Å². The molecule has 2 atom stereocenters. The van der Waals surface area contributed by atoms with Crippen molar-refractivity contribution in [1.82, 2.24) is 9.97 Å². The topological polar surface area (TPSA) is 84.2 Å². The Morgan fingerprint density at radius 2 is 2.10 bits per heavy atom. The minimum absolute atomic E-state index is 0.0272. The van der Waals surface area contributed by atoms with Crippen LogP contribution < -0.4 is 10.2 Å². The van der Waals surface area contributed by atoms with E-state index in [-0.39, 0.29) is 5.69 Å². The Morgan fingerprint density at radius 3 is 2.65 bits per heavy atom. The van der Waals surface area contributed by atoms with E-state index in [1.54, 1.807) is 0 Å². The molecule has 1 saturated heterocycles. The van der Waals surface area contributed by atoms with E-state index in [0.717, 1.165) is 13.1 Å². The highest BCUT2D eigenvalue weighted by atomic mass is 32.2. The van der Waals surface area contributed by atoms with Gasteiger partial charge in [0.05, 0.1) is 4.92 Å². The summed E-state index contributed by atoms with van der Waals surface area (Å²) in [5.74, 6) is 0.709. The Labute approximate surface area is 122 Å². The zero-order chi connectivity index (χ0) is 14.7. The summed E-state index contributed by atoms with van der Waals surface area (Å²) < 4.78 is 0. The smallest absolute Gasteiger partial charge is 0.353 e. The van der Waals surface area contributed by atoms with Gasteiger partial charge in [0, 0.05) is 30.1 Å². The molecular formula is C12H19N5O2S. The van der Waals surface area contributed by atoms with Crippen molar-refractivity contribution in [1.29, 1.82) is 0 Å². The van der Waals surface area contributed by atoms with Gasteiger partial charge in [-0.05, 0) is 6.92 Å². The number of nitro groups is 1. The molecule has 0 amide bonds. The van der Waals surface area contributed by atoms with Gasteiger partial charge < -0.3 is 10.2 Å². The van der Waals surface area contributed by atoms with Gasteiger partial charge in [0.25, 0.3) is 0 Å². The van der Waals surface area contributed by atoms with E-state index in [1.165, 1.54) is 6.33 Å². The average molecular weight is 297 g/mol. The minimum atomic E-state index is -0.398. The van der Waals surface area contributed by atoms with Crippen molar-refractivity contribution in [3.8, 4) is 0 Å². The standard InChI is InChI=1S/C12H19N5O2S/c1-4-13-11-10(17(18)19)12(15-7-14-11)16-5-8(2)20-9(3)6-16/h7-9H,4-6H2,1-3H3,(H,13,14,15). The van der Waals surface area contributed by atoms with Gasteiger partial charge in [-0.2, -0.15) is 11.8 Å². The van der Waals surface area contributed by atoms with Crippen LogP contribution >= 0.6 is 11.8 Å². The first-order valence-electron chi connectivity index (χ1n) is 6.66. The fourth-order valence-electron chi connectivity index (χ4n) is 2.42. The molecule has 8 heteroatoms. The van der Waals surface area contributed by atoms with Gasteiger partial charge >= 0.3 is 5.69 Å². The monoisotopic (exact) mass is 297 g/mol. The lowest BCUT2D eigenvalue weighted by molar-refractivity contribution is -0.383. The highest BCUT2D eigenvalue weighted by Crippen LogP contribution is 2.35. The molecule has 0 aliphatic carbocycles. The van der Waals surface area contributed by atoms with Crippen LogP contribution in [0.25, 0.3) is 0 Å². The first-order valence-corrected chi connectivity index (χ1v) is 7.60. The summed E-state index contributed by atoms with van der Waals surface area (Å²) in [6.45, 7) is 8.25. The maximum Gasteiger partial charge on any atom is 0.353 e. The van der Waals surface area contributed by atoms with Gasteiger partial charge in [-0.25, -0.2) is 9.97 Å². The number of hydrogen-bond donors (Lipinski definition) is 1. The second-order valence-corrected chi connectivity index (χ2v) is 6.73.